The van der Waals surface area contributed by atoms with Gasteiger partial charge in [0, 0.05) is 11.3 Å². The fraction of sp³-hybridized carbons (Fsp3) is 0.231. The van der Waals surface area contributed by atoms with Crippen molar-refractivity contribution in [1.82, 2.24) is 0 Å². The molecule has 2 N–H and O–H groups in total. The average Bonchev–Trinajstić information content (AvgIpc) is 2.80. The van der Waals surface area contributed by atoms with E-state index in [1.807, 2.05) is 78.9 Å². The van der Waals surface area contributed by atoms with E-state index in [1.54, 1.807) is 0 Å². The second kappa shape index (κ2) is 8.95. The summed E-state index contributed by atoms with van der Waals surface area (Å²) in [5, 5.41) is 12.1. The van der Waals surface area contributed by atoms with Gasteiger partial charge in [-0.05, 0) is 72.6 Å². The van der Waals surface area contributed by atoms with Gasteiger partial charge in [0.25, 0.3) is 5.91 Å². The molecule has 0 bridgehead atoms. The van der Waals surface area contributed by atoms with Gasteiger partial charge in [-0.1, -0.05) is 54.6 Å². The number of carbonyl (C=O) groups is 2. The van der Waals surface area contributed by atoms with Gasteiger partial charge in [-0.15, -0.1) is 0 Å². The van der Waals surface area contributed by atoms with Gasteiger partial charge >= 0.3 is 5.97 Å². The number of anilines is 1. The molecule has 0 aromatic heterocycles. The molecule has 4 nitrogen and oxygen atoms in total. The summed E-state index contributed by atoms with van der Waals surface area (Å²) >= 11 is 0. The Bertz CT molecular complexity index is 1000. The Kier molecular flexibility index (Phi) is 5.94. The monoisotopic (exact) mass is 399 g/mol. The third-order valence-electron chi connectivity index (χ3n) is 5.97. The predicted molar refractivity (Wildman–Crippen MR) is 119 cm³/mol. The third kappa shape index (κ3) is 4.60. The zero-order chi connectivity index (χ0) is 20.9. The molecule has 0 radical (unpaired) electrons. The van der Waals surface area contributed by atoms with Crippen molar-refractivity contribution in [3.8, 4) is 11.1 Å². The highest BCUT2D eigenvalue weighted by atomic mass is 16.4. The number of amides is 1. The minimum atomic E-state index is -0.677. The molecule has 3 aromatic rings. The van der Waals surface area contributed by atoms with Crippen LogP contribution < -0.4 is 5.32 Å². The van der Waals surface area contributed by atoms with E-state index >= 15 is 0 Å². The lowest BCUT2D eigenvalue weighted by Gasteiger charge is -2.26. The van der Waals surface area contributed by atoms with Crippen LogP contribution >= 0.6 is 0 Å². The van der Waals surface area contributed by atoms with E-state index in [1.165, 1.54) is 5.56 Å². The van der Waals surface area contributed by atoms with Crippen LogP contribution in [0.25, 0.3) is 11.1 Å². The molecule has 1 amide bonds. The number of nitrogens with one attached hydrogen (secondary N) is 1. The highest BCUT2D eigenvalue weighted by molar-refractivity contribution is 6.04. The van der Waals surface area contributed by atoms with Crippen molar-refractivity contribution in [2.45, 2.75) is 31.6 Å². The van der Waals surface area contributed by atoms with E-state index in [-0.39, 0.29) is 11.8 Å². The number of hydrogen-bond acceptors (Lipinski definition) is 2. The maximum absolute atomic E-state index is 12.6. The van der Waals surface area contributed by atoms with E-state index in [2.05, 4.69) is 5.32 Å². The van der Waals surface area contributed by atoms with Crippen molar-refractivity contribution < 1.29 is 14.7 Å². The van der Waals surface area contributed by atoms with E-state index in [0.29, 0.717) is 11.5 Å². The molecule has 152 valence electrons. The fourth-order valence-electron chi connectivity index (χ4n) is 4.16. The SMILES string of the molecule is O=C(Nc1ccc([C@H]2CC[C@H](C(=O)O)CC2)cc1)c1ccc(-c2ccccc2)cc1. The number of benzene rings is 3. The van der Waals surface area contributed by atoms with Gasteiger partial charge in [0.1, 0.15) is 0 Å². The molecule has 4 heteroatoms. The highest BCUT2D eigenvalue weighted by Gasteiger charge is 2.26. The normalized spacial score (nSPS) is 18.5. The highest BCUT2D eigenvalue weighted by Crippen LogP contribution is 2.36. The molecule has 0 spiro atoms. The number of carboxylic acids is 1. The zero-order valence-electron chi connectivity index (χ0n) is 16.8. The first-order valence-electron chi connectivity index (χ1n) is 10.4. The Morgan fingerprint density at radius 3 is 1.93 bits per heavy atom. The molecule has 0 unspecified atom stereocenters. The molecule has 0 atom stereocenters. The average molecular weight is 399 g/mol. The Morgan fingerprint density at radius 1 is 0.733 bits per heavy atom. The van der Waals surface area contributed by atoms with Crippen LogP contribution in [-0.4, -0.2) is 17.0 Å². The van der Waals surface area contributed by atoms with Crippen molar-refractivity contribution in [3.63, 3.8) is 0 Å². The summed E-state index contributed by atoms with van der Waals surface area (Å²) in [5.74, 6) is -0.614. The Balaban J connectivity index is 1.36. The minimum absolute atomic E-state index is 0.135. The predicted octanol–water partition coefficient (Wildman–Crippen LogP) is 5.96. The summed E-state index contributed by atoms with van der Waals surface area (Å²) in [5.41, 5.74) is 4.79. The van der Waals surface area contributed by atoms with Gasteiger partial charge in [0.15, 0.2) is 0 Å². The molecule has 4 rings (SSSR count). The first-order chi connectivity index (χ1) is 14.6. The van der Waals surface area contributed by atoms with Gasteiger partial charge in [-0.3, -0.25) is 9.59 Å². The van der Waals surface area contributed by atoms with Crippen LogP contribution in [0.15, 0.2) is 78.9 Å². The van der Waals surface area contributed by atoms with Crippen molar-refractivity contribution >= 4 is 17.6 Å². The first kappa shape index (κ1) is 19.9. The summed E-state index contributed by atoms with van der Waals surface area (Å²) in [4.78, 5) is 23.7. The van der Waals surface area contributed by atoms with Gasteiger partial charge in [0.2, 0.25) is 0 Å². The van der Waals surface area contributed by atoms with Crippen molar-refractivity contribution in [2.75, 3.05) is 5.32 Å². The summed E-state index contributed by atoms with van der Waals surface area (Å²) in [7, 11) is 0. The molecule has 3 aromatic carbocycles. The smallest absolute Gasteiger partial charge is 0.306 e. The van der Waals surface area contributed by atoms with Crippen LogP contribution in [-0.2, 0) is 4.79 Å². The molecule has 1 aliphatic carbocycles. The van der Waals surface area contributed by atoms with Crippen LogP contribution in [0.1, 0.15) is 47.5 Å². The number of hydrogen-bond donors (Lipinski definition) is 2. The molecule has 30 heavy (non-hydrogen) atoms. The van der Waals surface area contributed by atoms with Crippen molar-refractivity contribution in [1.29, 1.82) is 0 Å². The second-order valence-electron chi connectivity index (χ2n) is 7.91. The first-order valence-corrected chi connectivity index (χ1v) is 10.4. The lowest BCUT2D eigenvalue weighted by atomic mass is 9.79. The Morgan fingerprint density at radius 2 is 1.33 bits per heavy atom. The van der Waals surface area contributed by atoms with Crippen LogP contribution in [0, 0.1) is 5.92 Å². The Hall–Kier alpha value is -3.40. The van der Waals surface area contributed by atoms with E-state index in [9.17, 15) is 9.59 Å². The minimum Gasteiger partial charge on any atom is -0.481 e. The zero-order valence-corrected chi connectivity index (χ0v) is 16.8. The summed E-state index contributed by atoms with van der Waals surface area (Å²) in [6.45, 7) is 0. The third-order valence-corrected chi connectivity index (χ3v) is 5.97. The number of rotatable bonds is 5. The van der Waals surface area contributed by atoms with Crippen molar-refractivity contribution in [2.24, 2.45) is 5.92 Å². The van der Waals surface area contributed by atoms with Crippen molar-refractivity contribution in [3.05, 3.63) is 90.0 Å². The molecule has 1 aliphatic rings. The standard InChI is InChI=1S/C26H25NO3/c28-25(22-10-6-19(7-11-22)18-4-2-1-3-5-18)27-24-16-14-21(15-17-24)20-8-12-23(13-9-20)26(29)30/h1-7,10-11,14-17,20,23H,8-9,12-13H2,(H,27,28)(H,29,30)/t20-,23-. The molecule has 0 heterocycles. The largest absolute Gasteiger partial charge is 0.481 e. The van der Waals surface area contributed by atoms with Gasteiger partial charge in [0.05, 0.1) is 5.92 Å². The summed E-state index contributed by atoms with van der Waals surface area (Å²) in [6.07, 6.45) is 3.27. The topological polar surface area (TPSA) is 66.4 Å². The second-order valence-corrected chi connectivity index (χ2v) is 7.91. The maximum atomic E-state index is 12.6. The molecular formula is C26H25NO3. The fourth-order valence-corrected chi connectivity index (χ4v) is 4.16. The summed E-state index contributed by atoms with van der Waals surface area (Å²) < 4.78 is 0. The van der Waals surface area contributed by atoms with Crippen LogP contribution in [0.2, 0.25) is 0 Å². The number of carbonyl (C=O) groups excluding carboxylic acids is 1. The maximum Gasteiger partial charge on any atom is 0.306 e. The summed E-state index contributed by atoms with van der Waals surface area (Å²) in [6, 6.07) is 25.6. The van der Waals surface area contributed by atoms with E-state index in [0.717, 1.165) is 42.5 Å². The van der Waals surface area contributed by atoms with Gasteiger partial charge in [-0.2, -0.15) is 0 Å². The van der Waals surface area contributed by atoms with Gasteiger partial charge < -0.3 is 10.4 Å². The van der Waals surface area contributed by atoms with E-state index < -0.39 is 5.97 Å². The Labute approximate surface area is 176 Å². The molecule has 1 fully saturated rings. The lowest BCUT2D eigenvalue weighted by molar-refractivity contribution is -0.142. The van der Waals surface area contributed by atoms with Crippen LogP contribution in [0.5, 0.6) is 0 Å². The molecule has 1 saturated carbocycles. The van der Waals surface area contributed by atoms with Crippen LogP contribution in [0.4, 0.5) is 5.69 Å². The quantitative estimate of drug-likeness (QED) is 0.556. The molecule has 0 aliphatic heterocycles. The van der Waals surface area contributed by atoms with E-state index in [4.69, 9.17) is 5.11 Å². The molecule has 0 saturated heterocycles. The molecular weight excluding hydrogens is 374 g/mol. The number of aliphatic carboxylic acids is 1. The van der Waals surface area contributed by atoms with Crippen LogP contribution in [0.3, 0.4) is 0 Å². The lowest BCUT2D eigenvalue weighted by Crippen LogP contribution is -2.20. The van der Waals surface area contributed by atoms with Gasteiger partial charge in [-0.25, -0.2) is 0 Å². The number of carboxylic acid groups (broad SMARTS) is 1.